The Hall–Kier alpha value is -1.44. The van der Waals surface area contributed by atoms with Gasteiger partial charge in [-0.1, -0.05) is 0 Å². The summed E-state index contributed by atoms with van der Waals surface area (Å²) in [5.74, 6) is -0.185. The van der Waals surface area contributed by atoms with E-state index in [2.05, 4.69) is 4.90 Å². The molecule has 0 radical (unpaired) electrons. The number of cyclic esters (lactones) is 1. The van der Waals surface area contributed by atoms with Crippen molar-refractivity contribution >= 4 is 16.0 Å². The molecular weight excluding hydrogens is 364 g/mol. The minimum absolute atomic E-state index is 0.0620. The summed E-state index contributed by atoms with van der Waals surface area (Å²) in [4.78, 5) is 14.5. The Kier molecular flexibility index (Phi) is 5.40. The van der Waals surface area contributed by atoms with Crippen molar-refractivity contribution in [3.63, 3.8) is 0 Å². The van der Waals surface area contributed by atoms with Crippen molar-refractivity contribution in [3.05, 3.63) is 27.8 Å². The van der Waals surface area contributed by atoms with Crippen LogP contribution in [0.4, 0.5) is 0 Å². The quantitative estimate of drug-likeness (QED) is 0.736. The zero-order chi connectivity index (χ0) is 20.1. The van der Waals surface area contributed by atoms with E-state index in [-0.39, 0.29) is 18.1 Å². The molecule has 0 aromatic heterocycles. The van der Waals surface area contributed by atoms with E-state index in [1.165, 1.54) is 0 Å². The smallest absolute Gasteiger partial charge is 0.323 e. The molecule has 0 amide bonds. The number of hydrogen-bond donors (Lipinski definition) is 0. The molecule has 2 aliphatic heterocycles. The van der Waals surface area contributed by atoms with Crippen molar-refractivity contribution in [3.8, 4) is 0 Å². The predicted octanol–water partition coefficient (Wildman–Crippen LogP) is 2.24. The van der Waals surface area contributed by atoms with E-state index >= 15 is 0 Å². The van der Waals surface area contributed by atoms with Gasteiger partial charge in [0.1, 0.15) is 12.1 Å². The molecule has 2 aliphatic rings. The van der Waals surface area contributed by atoms with Crippen LogP contribution in [0.5, 0.6) is 0 Å². The molecular formula is C20H30N2O4S. The number of ether oxygens (including phenoxy) is 1. The van der Waals surface area contributed by atoms with Crippen molar-refractivity contribution < 1.29 is 17.9 Å². The molecule has 7 heteroatoms. The monoisotopic (exact) mass is 394 g/mol. The van der Waals surface area contributed by atoms with Gasteiger partial charge in [-0.25, -0.2) is 8.42 Å². The third-order valence-corrected chi connectivity index (χ3v) is 8.56. The summed E-state index contributed by atoms with van der Waals surface area (Å²) < 4.78 is 33.6. The number of esters is 1. The van der Waals surface area contributed by atoms with Crippen LogP contribution in [0.2, 0.25) is 0 Å². The highest BCUT2D eigenvalue weighted by Gasteiger charge is 2.40. The van der Waals surface area contributed by atoms with Crippen LogP contribution in [0, 0.1) is 34.6 Å². The van der Waals surface area contributed by atoms with Gasteiger partial charge in [-0.3, -0.25) is 9.69 Å². The fourth-order valence-corrected chi connectivity index (χ4v) is 6.25. The van der Waals surface area contributed by atoms with Crippen molar-refractivity contribution in [2.75, 3.05) is 26.2 Å². The van der Waals surface area contributed by atoms with Crippen LogP contribution in [0.25, 0.3) is 0 Å². The van der Waals surface area contributed by atoms with Crippen LogP contribution in [0.3, 0.4) is 0 Å². The van der Waals surface area contributed by atoms with Gasteiger partial charge in [0, 0.05) is 32.6 Å². The summed E-state index contributed by atoms with van der Waals surface area (Å²) in [6, 6.07) is -0.239. The maximum absolute atomic E-state index is 13.4. The normalized spacial score (nSPS) is 25.0. The highest BCUT2D eigenvalue weighted by atomic mass is 32.2. The van der Waals surface area contributed by atoms with Gasteiger partial charge < -0.3 is 4.74 Å². The SMILES string of the molecule is Cc1c(C)c(C)c(S(=O)(=O)N2CCN(C3CC(C)OC3=O)CC2)c(C)c1C. The average Bonchev–Trinajstić information content (AvgIpc) is 2.96. The molecule has 2 saturated heterocycles. The molecule has 2 fully saturated rings. The number of rotatable bonds is 3. The lowest BCUT2D eigenvalue weighted by molar-refractivity contribution is -0.145. The zero-order valence-corrected chi connectivity index (χ0v) is 17.9. The molecule has 2 unspecified atom stereocenters. The number of benzene rings is 1. The van der Waals surface area contributed by atoms with Gasteiger partial charge in [0.15, 0.2) is 0 Å². The molecule has 0 saturated carbocycles. The molecule has 3 rings (SSSR count). The number of carbonyl (C=O) groups is 1. The number of nitrogens with zero attached hydrogens (tertiary/aromatic N) is 2. The fourth-order valence-electron chi connectivity index (χ4n) is 4.27. The third kappa shape index (κ3) is 3.41. The Bertz CT molecular complexity index is 841. The molecule has 2 heterocycles. The first-order chi connectivity index (χ1) is 12.6. The van der Waals surface area contributed by atoms with E-state index in [1.807, 2.05) is 41.5 Å². The standard InChI is InChI=1S/C20H30N2O4S/c1-12-11-18(20(23)26-12)21-7-9-22(10-8-21)27(24,25)19-16(5)14(3)13(2)15(4)17(19)6/h12,18H,7-11H2,1-6H3. The van der Waals surface area contributed by atoms with Crippen LogP contribution in [0.15, 0.2) is 4.90 Å². The Labute approximate surface area is 162 Å². The van der Waals surface area contributed by atoms with Crippen LogP contribution in [0.1, 0.15) is 41.2 Å². The van der Waals surface area contributed by atoms with Crippen molar-refractivity contribution in [2.45, 2.75) is 65.0 Å². The summed E-state index contributed by atoms with van der Waals surface area (Å²) in [5.41, 5.74) is 4.91. The minimum atomic E-state index is -3.57. The van der Waals surface area contributed by atoms with Gasteiger partial charge >= 0.3 is 5.97 Å². The summed E-state index contributed by atoms with van der Waals surface area (Å²) in [6.07, 6.45) is 0.619. The summed E-state index contributed by atoms with van der Waals surface area (Å²) in [5, 5.41) is 0. The molecule has 0 aliphatic carbocycles. The van der Waals surface area contributed by atoms with Crippen molar-refractivity contribution in [2.24, 2.45) is 0 Å². The van der Waals surface area contributed by atoms with Gasteiger partial charge in [0.2, 0.25) is 10.0 Å². The number of sulfonamides is 1. The minimum Gasteiger partial charge on any atom is -0.461 e. The second-order valence-electron chi connectivity index (χ2n) is 7.89. The van der Waals surface area contributed by atoms with Gasteiger partial charge in [-0.2, -0.15) is 4.31 Å². The second kappa shape index (κ2) is 7.18. The van der Waals surface area contributed by atoms with E-state index in [4.69, 9.17) is 4.74 Å². The molecule has 150 valence electrons. The largest absolute Gasteiger partial charge is 0.461 e. The fraction of sp³-hybridized carbons (Fsp3) is 0.650. The van der Waals surface area contributed by atoms with Gasteiger partial charge in [-0.15, -0.1) is 0 Å². The van der Waals surface area contributed by atoms with E-state index in [1.54, 1.807) is 4.31 Å². The van der Waals surface area contributed by atoms with Crippen LogP contribution < -0.4 is 0 Å². The first-order valence-electron chi connectivity index (χ1n) is 9.57. The molecule has 0 spiro atoms. The maximum atomic E-state index is 13.4. The number of hydrogen-bond acceptors (Lipinski definition) is 5. The zero-order valence-electron chi connectivity index (χ0n) is 17.1. The Morgan fingerprint density at radius 1 is 0.852 bits per heavy atom. The average molecular weight is 395 g/mol. The Balaban J connectivity index is 1.83. The highest BCUT2D eigenvalue weighted by molar-refractivity contribution is 7.89. The van der Waals surface area contributed by atoms with Crippen LogP contribution in [-0.2, 0) is 19.6 Å². The van der Waals surface area contributed by atoms with E-state index in [9.17, 15) is 13.2 Å². The maximum Gasteiger partial charge on any atom is 0.323 e. The summed E-state index contributed by atoms with van der Waals surface area (Å²) in [6.45, 7) is 13.6. The molecule has 2 atom stereocenters. The Morgan fingerprint density at radius 3 is 1.78 bits per heavy atom. The van der Waals surface area contributed by atoms with Gasteiger partial charge in [0.25, 0.3) is 0 Å². The lowest BCUT2D eigenvalue weighted by Crippen LogP contribution is -2.53. The number of carbonyl (C=O) groups excluding carboxylic acids is 1. The van der Waals surface area contributed by atoms with E-state index in [0.29, 0.717) is 37.5 Å². The van der Waals surface area contributed by atoms with Gasteiger partial charge in [0.05, 0.1) is 4.90 Å². The molecule has 1 aromatic rings. The topological polar surface area (TPSA) is 66.9 Å². The van der Waals surface area contributed by atoms with Crippen molar-refractivity contribution in [1.29, 1.82) is 0 Å². The van der Waals surface area contributed by atoms with Crippen molar-refractivity contribution in [1.82, 2.24) is 9.21 Å². The third-order valence-electron chi connectivity index (χ3n) is 6.39. The number of piperazine rings is 1. The Morgan fingerprint density at radius 2 is 1.33 bits per heavy atom. The second-order valence-corrected chi connectivity index (χ2v) is 9.77. The summed E-state index contributed by atoms with van der Waals surface area (Å²) in [7, 11) is -3.57. The molecule has 0 N–H and O–H groups in total. The predicted molar refractivity (Wildman–Crippen MR) is 104 cm³/mol. The van der Waals surface area contributed by atoms with Gasteiger partial charge in [-0.05, 0) is 69.4 Å². The highest BCUT2D eigenvalue weighted by Crippen LogP contribution is 2.32. The molecule has 27 heavy (non-hydrogen) atoms. The lowest BCUT2D eigenvalue weighted by Gasteiger charge is -2.36. The van der Waals surface area contributed by atoms with E-state index in [0.717, 1.165) is 27.8 Å². The van der Waals surface area contributed by atoms with E-state index < -0.39 is 10.0 Å². The molecule has 6 nitrogen and oxygen atoms in total. The summed E-state index contributed by atoms with van der Waals surface area (Å²) >= 11 is 0. The lowest BCUT2D eigenvalue weighted by atomic mass is 9.95. The first kappa shape index (κ1) is 20.3. The molecule has 1 aromatic carbocycles. The first-order valence-corrected chi connectivity index (χ1v) is 11.0. The molecule has 0 bridgehead atoms. The van der Waals surface area contributed by atoms with Crippen LogP contribution >= 0.6 is 0 Å². The van der Waals surface area contributed by atoms with Crippen LogP contribution in [-0.4, -0.2) is 61.9 Å².